The molecule has 0 bridgehead atoms. The smallest absolute Gasteiger partial charge is 0.0470 e. The van der Waals surface area contributed by atoms with Crippen molar-refractivity contribution in [2.45, 2.75) is 39.5 Å². The number of carboxylic acid groups (broad SMARTS) is 1. The van der Waals surface area contributed by atoms with Gasteiger partial charge in [-0.2, -0.15) is 0 Å². The third-order valence-corrected chi connectivity index (χ3v) is 2.01. The van der Waals surface area contributed by atoms with Crippen molar-refractivity contribution in [1.29, 1.82) is 5.41 Å². The first-order chi connectivity index (χ1) is 5.86. The van der Waals surface area contributed by atoms with Crippen LogP contribution in [0.2, 0.25) is 0 Å². The summed E-state index contributed by atoms with van der Waals surface area (Å²) in [7, 11) is 0. The Labute approximate surface area is 78.1 Å². The molecule has 0 saturated carbocycles. The summed E-state index contributed by atoms with van der Waals surface area (Å²) in [5.74, 6) is -1.66. The van der Waals surface area contributed by atoms with E-state index in [0.29, 0.717) is 19.3 Å². The minimum Gasteiger partial charge on any atom is -0.862 e. The summed E-state index contributed by atoms with van der Waals surface area (Å²) in [6.45, 7) is 3.20. The molecule has 0 amide bonds. The van der Waals surface area contributed by atoms with Crippen molar-refractivity contribution in [2.24, 2.45) is 5.41 Å². The molecule has 0 spiro atoms. The fourth-order valence-corrected chi connectivity index (χ4v) is 0.955. The molecule has 4 nitrogen and oxygen atoms in total. The van der Waals surface area contributed by atoms with Crippen LogP contribution >= 0.6 is 0 Å². The lowest BCUT2D eigenvalue weighted by Gasteiger charge is -2.25. The van der Waals surface area contributed by atoms with Crippen LogP contribution in [0.4, 0.5) is 0 Å². The predicted octanol–water partition coefficient (Wildman–Crippen LogP) is -0.340. The van der Waals surface area contributed by atoms with Gasteiger partial charge in [0.1, 0.15) is 0 Å². The van der Waals surface area contributed by atoms with E-state index < -0.39 is 17.3 Å². The van der Waals surface area contributed by atoms with Crippen LogP contribution in [0.25, 0.3) is 0 Å². The van der Waals surface area contributed by atoms with Gasteiger partial charge in [0.05, 0.1) is 0 Å². The fraction of sp³-hybridized carbons (Fsp3) is 0.778. The molecule has 0 aliphatic heterocycles. The van der Waals surface area contributed by atoms with Gasteiger partial charge in [-0.1, -0.05) is 20.3 Å². The first kappa shape index (κ1) is 11.9. The number of carbonyl (C=O) groups is 1. The lowest BCUT2D eigenvalue weighted by molar-refractivity contribution is -0.317. The lowest BCUT2D eigenvalue weighted by atomic mass is 9.87. The van der Waals surface area contributed by atoms with E-state index in [-0.39, 0.29) is 6.42 Å². The molecule has 13 heavy (non-hydrogen) atoms. The zero-order valence-electron chi connectivity index (χ0n) is 8.05. The fourth-order valence-electron chi connectivity index (χ4n) is 0.955. The van der Waals surface area contributed by atoms with E-state index >= 15 is 0 Å². The third kappa shape index (κ3) is 5.22. The first-order valence-electron chi connectivity index (χ1n) is 4.32. The molecule has 0 aliphatic rings. The van der Waals surface area contributed by atoms with Gasteiger partial charge in [-0.05, 0) is 25.2 Å². The summed E-state index contributed by atoms with van der Waals surface area (Å²) in [6, 6.07) is 0. The molecule has 0 saturated heterocycles. The Morgan fingerprint density at radius 2 is 1.85 bits per heavy atom. The van der Waals surface area contributed by atoms with Crippen LogP contribution < -0.4 is 10.2 Å². The van der Waals surface area contributed by atoms with Crippen LogP contribution in [0, 0.1) is 10.8 Å². The van der Waals surface area contributed by atoms with E-state index in [1.807, 2.05) is 0 Å². The van der Waals surface area contributed by atoms with E-state index in [0.717, 1.165) is 0 Å². The maximum atomic E-state index is 10.5. The highest BCUT2D eigenvalue weighted by molar-refractivity contribution is 5.71. The molecule has 76 valence electrons. The minimum absolute atomic E-state index is 0.211. The van der Waals surface area contributed by atoms with E-state index in [4.69, 9.17) is 5.41 Å². The van der Waals surface area contributed by atoms with Crippen molar-refractivity contribution in [2.75, 3.05) is 0 Å². The molecule has 0 atom stereocenters. The second-order valence-corrected chi connectivity index (χ2v) is 3.80. The maximum absolute atomic E-state index is 10.5. The Bertz CT molecular complexity index is 199. The number of hydrogen-bond acceptors (Lipinski definition) is 4. The molecule has 0 rings (SSSR count). The van der Waals surface area contributed by atoms with Crippen molar-refractivity contribution < 1.29 is 15.0 Å². The normalized spacial score (nSPS) is 11.2. The van der Waals surface area contributed by atoms with Crippen molar-refractivity contribution in [3.05, 3.63) is 0 Å². The van der Waals surface area contributed by atoms with E-state index in [1.165, 1.54) is 0 Å². The van der Waals surface area contributed by atoms with Gasteiger partial charge in [-0.25, -0.2) is 0 Å². The van der Waals surface area contributed by atoms with Crippen LogP contribution in [0.5, 0.6) is 0 Å². The largest absolute Gasteiger partial charge is 0.862 e. The summed E-state index contributed by atoms with van der Waals surface area (Å²) in [4.78, 5) is 10.5. The van der Waals surface area contributed by atoms with Gasteiger partial charge in [-0.3, -0.25) is 0 Å². The van der Waals surface area contributed by atoms with Gasteiger partial charge in [0, 0.05) is 11.4 Å². The number of carbonyl (C=O) groups excluding carboxylic acids is 1. The van der Waals surface area contributed by atoms with Crippen molar-refractivity contribution >= 4 is 11.9 Å². The molecule has 0 unspecified atom stereocenters. The van der Waals surface area contributed by atoms with Gasteiger partial charge < -0.3 is 20.4 Å². The lowest BCUT2D eigenvalue weighted by Crippen LogP contribution is -2.37. The van der Waals surface area contributed by atoms with E-state index in [9.17, 15) is 15.0 Å². The molecule has 1 N–H and O–H groups in total. The highest BCUT2D eigenvalue weighted by Gasteiger charge is 2.17. The van der Waals surface area contributed by atoms with E-state index in [1.54, 1.807) is 13.8 Å². The molecular weight excluding hydrogens is 170 g/mol. The van der Waals surface area contributed by atoms with Crippen LogP contribution in [-0.4, -0.2) is 11.9 Å². The van der Waals surface area contributed by atoms with Gasteiger partial charge in [-0.15, -0.1) is 0 Å². The van der Waals surface area contributed by atoms with Gasteiger partial charge in [0.15, 0.2) is 0 Å². The standard InChI is InChI=1S/C9H17NO3/c1-9(2,8(12)13)6-4-3-5-7(10)11/h3-6H2,1-2H3,(H2,10,11)(H,12,13)/p-2. The molecular formula is C9H15NO3-2. The van der Waals surface area contributed by atoms with Gasteiger partial charge in [0.2, 0.25) is 0 Å². The third-order valence-electron chi connectivity index (χ3n) is 2.01. The molecule has 4 heteroatoms. The van der Waals surface area contributed by atoms with Crippen LogP contribution in [-0.2, 0) is 4.79 Å². The minimum atomic E-state index is -1.07. The number of hydrogen-bond donors (Lipinski definition) is 1. The van der Waals surface area contributed by atoms with Gasteiger partial charge in [0.25, 0.3) is 0 Å². The second kappa shape index (κ2) is 4.84. The number of aliphatic carboxylic acids is 1. The van der Waals surface area contributed by atoms with Crippen LogP contribution in [0.1, 0.15) is 39.5 Å². The second-order valence-electron chi connectivity index (χ2n) is 3.80. The quantitative estimate of drug-likeness (QED) is 0.349. The Kier molecular flexibility index (Phi) is 4.45. The Balaban J connectivity index is 3.64. The number of carboxylic acids is 1. The zero-order valence-corrected chi connectivity index (χ0v) is 8.05. The van der Waals surface area contributed by atoms with Crippen LogP contribution in [0.15, 0.2) is 0 Å². The van der Waals surface area contributed by atoms with E-state index in [2.05, 4.69) is 0 Å². The zero-order chi connectivity index (χ0) is 10.5. The highest BCUT2D eigenvalue weighted by Crippen LogP contribution is 2.22. The average Bonchev–Trinajstić information content (AvgIpc) is 1.97. The molecule has 0 aromatic rings. The molecule has 0 aromatic carbocycles. The molecule has 0 radical (unpaired) electrons. The predicted molar refractivity (Wildman–Crippen MR) is 45.0 cm³/mol. The van der Waals surface area contributed by atoms with Crippen LogP contribution in [0.3, 0.4) is 0 Å². The highest BCUT2D eigenvalue weighted by atomic mass is 16.4. The monoisotopic (exact) mass is 185 g/mol. The van der Waals surface area contributed by atoms with Crippen molar-refractivity contribution in [3.63, 3.8) is 0 Å². The van der Waals surface area contributed by atoms with Crippen molar-refractivity contribution in [1.82, 2.24) is 0 Å². The molecule has 0 aromatic heterocycles. The maximum Gasteiger partial charge on any atom is 0.0470 e. The number of unbranched alkanes of at least 4 members (excludes halogenated alkanes) is 1. The number of nitrogens with one attached hydrogen (secondary N) is 1. The van der Waals surface area contributed by atoms with Gasteiger partial charge >= 0.3 is 0 Å². The SMILES string of the molecule is CC(C)(CCCCC(=N)[O-])C(=O)[O-]. The topological polar surface area (TPSA) is 87.0 Å². The summed E-state index contributed by atoms with van der Waals surface area (Å²) < 4.78 is 0. The molecule has 0 fully saturated rings. The summed E-state index contributed by atoms with van der Waals surface area (Å²) in [5.41, 5.74) is -0.828. The summed E-state index contributed by atoms with van der Waals surface area (Å²) >= 11 is 0. The summed E-state index contributed by atoms with van der Waals surface area (Å²) in [5, 5.41) is 27.4. The first-order valence-corrected chi connectivity index (χ1v) is 4.32. The number of rotatable bonds is 6. The average molecular weight is 185 g/mol. The Morgan fingerprint density at radius 3 is 2.23 bits per heavy atom. The Morgan fingerprint density at radius 1 is 1.31 bits per heavy atom. The molecule has 0 heterocycles. The van der Waals surface area contributed by atoms with Crippen molar-refractivity contribution in [3.8, 4) is 0 Å². The summed E-state index contributed by atoms with van der Waals surface area (Å²) in [6.07, 6.45) is 1.93. The Hall–Kier alpha value is -1.06. The molecule has 0 aliphatic carbocycles.